The molecule has 0 radical (unpaired) electrons. The third kappa shape index (κ3) is 4.22. The van der Waals surface area contributed by atoms with Crippen LogP contribution >= 0.6 is 23.2 Å². The van der Waals surface area contributed by atoms with E-state index in [9.17, 15) is 9.59 Å². The van der Waals surface area contributed by atoms with Gasteiger partial charge in [0.1, 0.15) is 17.3 Å². The van der Waals surface area contributed by atoms with Crippen LogP contribution in [-0.4, -0.2) is 15.7 Å². The molecule has 1 amide bonds. The second-order valence-electron chi connectivity index (χ2n) is 5.23. The zero-order valence-electron chi connectivity index (χ0n) is 13.4. The topological polar surface area (TPSA) is 73.2 Å². The van der Waals surface area contributed by atoms with E-state index in [1.807, 2.05) is 18.2 Å². The number of hydrogen-bond donors (Lipinski definition) is 1. The summed E-state index contributed by atoms with van der Waals surface area (Å²) >= 11 is 11.5. The fraction of sp³-hybridized carbons (Fsp3) is 0.0556. The first-order valence-corrected chi connectivity index (χ1v) is 8.33. The van der Waals surface area contributed by atoms with Crippen LogP contribution in [0.3, 0.4) is 0 Å². The number of nitrogens with zero attached hydrogens (tertiary/aromatic N) is 2. The lowest BCUT2D eigenvalue weighted by Crippen LogP contribution is -2.29. The minimum absolute atomic E-state index is 0.0370. The largest absolute Gasteiger partial charge is 0.455 e. The zero-order valence-corrected chi connectivity index (χ0v) is 14.9. The molecular formula is C18H13Cl2N3O3. The summed E-state index contributed by atoms with van der Waals surface area (Å²) in [5, 5.41) is 6.37. The van der Waals surface area contributed by atoms with Gasteiger partial charge in [-0.1, -0.05) is 53.5 Å². The number of hydrogen-bond acceptors (Lipinski definition) is 4. The molecule has 2 aromatic carbocycles. The van der Waals surface area contributed by atoms with Crippen LogP contribution < -0.4 is 15.6 Å². The quantitative estimate of drug-likeness (QED) is 0.715. The van der Waals surface area contributed by atoms with E-state index in [0.29, 0.717) is 17.2 Å². The van der Waals surface area contributed by atoms with Gasteiger partial charge in [-0.3, -0.25) is 9.59 Å². The van der Waals surface area contributed by atoms with Gasteiger partial charge in [-0.15, -0.1) is 0 Å². The molecule has 0 aliphatic heterocycles. The molecule has 1 N–H and O–H groups in total. The molecule has 1 aromatic heterocycles. The van der Waals surface area contributed by atoms with E-state index >= 15 is 0 Å². The molecule has 0 fully saturated rings. The molecule has 132 valence electrons. The van der Waals surface area contributed by atoms with Crippen LogP contribution in [-0.2, 0) is 11.3 Å². The minimum Gasteiger partial charge on any atom is -0.455 e. The number of amides is 1. The first kappa shape index (κ1) is 18.0. The van der Waals surface area contributed by atoms with E-state index in [0.717, 1.165) is 4.68 Å². The summed E-state index contributed by atoms with van der Waals surface area (Å²) in [6.07, 6.45) is 1.21. The SMILES string of the molecule is O=C(Cn1ncc(Cl)c(Cl)c1=O)Nc1ccccc1Oc1ccccc1. The highest BCUT2D eigenvalue weighted by Crippen LogP contribution is 2.29. The van der Waals surface area contributed by atoms with Crippen LogP contribution in [0.5, 0.6) is 11.5 Å². The van der Waals surface area contributed by atoms with Crippen LogP contribution in [0.1, 0.15) is 0 Å². The summed E-state index contributed by atoms with van der Waals surface area (Å²) in [6.45, 7) is -0.310. The first-order valence-electron chi connectivity index (χ1n) is 7.57. The van der Waals surface area contributed by atoms with Gasteiger partial charge in [0, 0.05) is 0 Å². The van der Waals surface area contributed by atoms with Gasteiger partial charge in [-0.2, -0.15) is 5.10 Å². The zero-order chi connectivity index (χ0) is 18.5. The van der Waals surface area contributed by atoms with Gasteiger partial charge >= 0.3 is 0 Å². The predicted octanol–water partition coefficient (Wildman–Crippen LogP) is 3.98. The van der Waals surface area contributed by atoms with Crippen LogP contribution in [0.4, 0.5) is 5.69 Å². The van der Waals surface area contributed by atoms with Crippen molar-refractivity contribution >= 4 is 34.8 Å². The van der Waals surface area contributed by atoms with E-state index in [1.54, 1.807) is 36.4 Å². The Morgan fingerprint density at radius 2 is 1.77 bits per heavy atom. The Bertz CT molecular complexity index is 990. The van der Waals surface area contributed by atoms with Gasteiger partial charge < -0.3 is 10.1 Å². The van der Waals surface area contributed by atoms with Crippen molar-refractivity contribution in [2.75, 3.05) is 5.32 Å². The van der Waals surface area contributed by atoms with Crippen molar-refractivity contribution in [3.05, 3.63) is 81.2 Å². The molecule has 3 rings (SSSR count). The lowest BCUT2D eigenvalue weighted by atomic mass is 10.3. The molecule has 0 aliphatic carbocycles. The summed E-state index contributed by atoms with van der Waals surface area (Å²) in [5.74, 6) is 0.653. The maximum absolute atomic E-state index is 12.3. The number of para-hydroxylation sites is 3. The van der Waals surface area contributed by atoms with Crippen LogP contribution in [0.15, 0.2) is 65.6 Å². The van der Waals surface area contributed by atoms with E-state index in [2.05, 4.69) is 10.4 Å². The summed E-state index contributed by atoms with van der Waals surface area (Å²) in [6, 6.07) is 16.2. The molecule has 0 unspecified atom stereocenters. The summed E-state index contributed by atoms with van der Waals surface area (Å²) < 4.78 is 6.72. The Hall–Kier alpha value is -2.83. The molecule has 0 spiro atoms. The number of aromatic nitrogens is 2. The number of ether oxygens (including phenoxy) is 1. The molecule has 3 aromatic rings. The Morgan fingerprint density at radius 1 is 1.08 bits per heavy atom. The van der Waals surface area contributed by atoms with Gasteiger partial charge in [-0.25, -0.2) is 4.68 Å². The third-order valence-electron chi connectivity index (χ3n) is 3.37. The van der Waals surface area contributed by atoms with Gasteiger partial charge in [0.15, 0.2) is 5.75 Å². The number of nitrogens with one attached hydrogen (secondary N) is 1. The Balaban J connectivity index is 1.76. The standard InChI is InChI=1S/C18H13Cl2N3O3/c19-13-10-21-23(18(25)17(13)20)11-16(24)22-14-8-4-5-9-15(14)26-12-6-2-1-3-7-12/h1-10H,11H2,(H,22,24). The summed E-state index contributed by atoms with van der Waals surface area (Å²) in [4.78, 5) is 24.3. The number of halogens is 2. The second kappa shape index (κ2) is 8.03. The molecule has 6 nitrogen and oxygen atoms in total. The van der Waals surface area contributed by atoms with Crippen molar-refractivity contribution in [1.82, 2.24) is 9.78 Å². The lowest BCUT2D eigenvalue weighted by molar-refractivity contribution is -0.117. The lowest BCUT2D eigenvalue weighted by Gasteiger charge is -2.12. The summed E-state index contributed by atoms with van der Waals surface area (Å²) in [5.41, 5.74) is -0.169. The van der Waals surface area contributed by atoms with Crippen LogP contribution in [0, 0.1) is 0 Å². The van der Waals surface area contributed by atoms with Crippen molar-refractivity contribution < 1.29 is 9.53 Å². The predicted molar refractivity (Wildman–Crippen MR) is 100 cm³/mol. The molecule has 1 heterocycles. The average Bonchev–Trinajstić information content (AvgIpc) is 2.65. The van der Waals surface area contributed by atoms with E-state index in [4.69, 9.17) is 27.9 Å². The number of carbonyl (C=O) groups excluding carboxylic acids is 1. The van der Waals surface area contributed by atoms with Gasteiger partial charge in [0.2, 0.25) is 5.91 Å². The highest BCUT2D eigenvalue weighted by atomic mass is 35.5. The van der Waals surface area contributed by atoms with Gasteiger partial charge in [-0.05, 0) is 24.3 Å². The molecule has 0 aliphatic rings. The number of rotatable bonds is 5. The molecule has 0 saturated carbocycles. The number of anilines is 1. The van der Waals surface area contributed by atoms with Crippen LogP contribution in [0.2, 0.25) is 10.0 Å². The van der Waals surface area contributed by atoms with Crippen molar-refractivity contribution in [3.8, 4) is 11.5 Å². The van der Waals surface area contributed by atoms with Gasteiger partial charge in [0.05, 0.1) is 16.9 Å². The van der Waals surface area contributed by atoms with Crippen molar-refractivity contribution in [1.29, 1.82) is 0 Å². The second-order valence-corrected chi connectivity index (χ2v) is 6.01. The molecular weight excluding hydrogens is 377 g/mol. The third-order valence-corrected chi connectivity index (χ3v) is 4.12. The Kier molecular flexibility index (Phi) is 5.55. The first-order chi connectivity index (χ1) is 12.5. The van der Waals surface area contributed by atoms with E-state index in [1.165, 1.54) is 6.20 Å². The molecule has 26 heavy (non-hydrogen) atoms. The smallest absolute Gasteiger partial charge is 0.287 e. The fourth-order valence-electron chi connectivity index (χ4n) is 2.16. The molecule has 0 atom stereocenters. The molecule has 8 heteroatoms. The highest BCUT2D eigenvalue weighted by molar-refractivity contribution is 6.41. The van der Waals surface area contributed by atoms with E-state index < -0.39 is 11.5 Å². The highest BCUT2D eigenvalue weighted by Gasteiger charge is 2.13. The Labute approximate surface area is 158 Å². The van der Waals surface area contributed by atoms with Crippen molar-refractivity contribution in [2.45, 2.75) is 6.54 Å². The molecule has 0 saturated heterocycles. The minimum atomic E-state index is -0.636. The normalized spacial score (nSPS) is 10.4. The number of carbonyl (C=O) groups is 1. The fourth-order valence-corrected chi connectivity index (χ4v) is 2.43. The summed E-state index contributed by atoms with van der Waals surface area (Å²) in [7, 11) is 0. The van der Waals surface area contributed by atoms with Gasteiger partial charge in [0.25, 0.3) is 5.56 Å². The van der Waals surface area contributed by atoms with Crippen molar-refractivity contribution in [2.24, 2.45) is 0 Å². The average molecular weight is 390 g/mol. The van der Waals surface area contributed by atoms with Crippen LogP contribution in [0.25, 0.3) is 0 Å². The number of benzene rings is 2. The Morgan fingerprint density at radius 3 is 2.54 bits per heavy atom. The van der Waals surface area contributed by atoms with Crippen molar-refractivity contribution in [3.63, 3.8) is 0 Å². The van der Waals surface area contributed by atoms with E-state index in [-0.39, 0.29) is 16.6 Å². The monoisotopic (exact) mass is 389 g/mol. The maximum Gasteiger partial charge on any atom is 0.287 e. The maximum atomic E-state index is 12.3. The molecule has 0 bridgehead atoms.